The highest BCUT2D eigenvalue weighted by atomic mass is 15.3. The highest BCUT2D eigenvalue weighted by Gasteiger charge is 2.11. The van der Waals surface area contributed by atoms with E-state index in [9.17, 15) is 0 Å². The maximum absolute atomic E-state index is 5.77. The van der Waals surface area contributed by atoms with Gasteiger partial charge in [-0.1, -0.05) is 0 Å². The van der Waals surface area contributed by atoms with Crippen LogP contribution in [-0.2, 0) is 7.05 Å². The first-order valence-electron chi connectivity index (χ1n) is 5.72. The Kier molecular flexibility index (Phi) is 3.23. The summed E-state index contributed by atoms with van der Waals surface area (Å²) in [5, 5.41) is 8.46. The molecule has 0 saturated carbocycles. The predicted molar refractivity (Wildman–Crippen MR) is 67.7 cm³/mol. The van der Waals surface area contributed by atoms with Gasteiger partial charge in [-0.3, -0.25) is 4.68 Å². The topological polar surface area (TPSA) is 81.7 Å². The molecule has 2 rings (SSSR count). The summed E-state index contributed by atoms with van der Waals surface area (Å²) >= 11 is 0. The van der Waals surface area contributed by atoms with Crippen molar-refractivity contribution in [2.75, 3.05) is 5.32 Å². The van der Waals surface area contributed by atoms with Crippen LogP contribution in [0.5, 0.6) is 0 Å². The average Bonchev–Trinajstić information content (AvgIpc) is 2.61. The van der Waals surface area contributed by atoms with Crippen molar-refractivity contribution in [3.05, 3.63) is 12.5 Å². The van der Waals surface area contributed by atoms with Gasteiger partial charge in [-0.2, -0.15) is 5.10 Å². The van der Waals surface area contributed by atoms with Gasteiger partial charge in [-0.05, 0) is 20.3 Å². The number of aryl methyl sites for hydroxylation is 1. The second kappa shape index (κ2) is 4.67. The lowest BCUT2D eigenvalue weighted by molar-refractivity contribution is 0.604. The molecule has 2 atom stereocenters. The highest BCUT2D eigenvalue weighted by Crippen LogP contribution is 2.19. The quantitative estimate of drug-likeness (QED) is 0.821. The molecule has 92 valence electrons. The number of fused-ring (bicyclic) bond motifs is 1. The lowest BCUT2D eigenvalue weighted by Crippen LogP contribution is -2.26. The summed E-state index contributed by atoms with van der Waals surface area (Å²) in [5.74, 6) is 0.816. The van der Waals surface area contributed by atoms with Gasteiger partial charge in [0, 0.05) is 19.1 Å². The standard InChI is InChI=1S/C11H18N6/c1-7(12)4-8(2)16-10-9-5-15-17(3)11(9)14-6-13-10/h5-8H,4,12H2,1-3H3,(H,13,14,16). The summed E-state index contributed by atoms with van der Waals surface area (Å²) in [6.07, 6.45) is 4.22. The third-order valence-corrected chi connectivity index (χ3v) is 2.64. The summed E-state index contributed by atoms with van der Waals surface area (Å²) in [6.45, 7) is 4.09. The predicted octanol–water partition coefficient (Wildman–Crippen LogP) is 0.901. The van der Waals surface area contributed by atoms with Crippen LogP contribution in [0.3, 0.4) is 0 Å². The number of nitrogens with zero attached hydrogens (tertiary/aromatic N) is 4. The molecule has 0 saturated heterocycles. The van der Waals surface area contributed by atoms with E-state index >= 15 is 0 Å². The van der Waals surface area contributed by atoms with Crippen molar-refractivity contribution in [1.82, 2.24) is 19.7 Å². The Bertz CT molecular complexity index is 504. The van der Waals surface area contributed by atoms with Gasteiger partial charge in [0.15, 0.2) is 5.65 Å². The maximum atomic E-state index is 5.77. The SMILES string of the molecule is CC(N)CC(C)Nc1ncnc2c1cnn2C. The Labute approximate surface area is 100 Å². The molecule has 0 fully saturated rings. The first-order valence-corrected chi connectivity index (χ1v) is 5.72. The van der Waals surface area contributed by atoms with Crippen LogP contribution in [0.25, 0.3) is 11.0 Å². The Hall–Kier alpha value is -1.69. The molecule has 0 spiro atoms. The van der Waals surface area contributed by atoms with Crippen molar-refractivity contribution in [3.8, 4) is 0 Å². The Morgan fingerprint density at radius 2 is 2.18 bits per heavy atom. The van der Waals surface area contributed by atoms with Crippen molar-refractivity contribution < 1.29 is 0 Å². The first kappa shape index (κ1) is 11.8. The third-order valence-electron chi connectivity index (χ3n) is 2.64. The van der Waals surface area contributed by atoms with Gasteiger partial charge in [0.2, 0.25) is 0 Å². The minimum Gasteiger partial charge on any atom is -0.367 e. The normalized spacial score (nSPS) is 14.8. The third kappa shape index (κ3) is 2.52. The van der Waals surface area contributed by atoms with Crippen LogP contribution in [0.1, 0.15) is 20.3 Å². The average molecular weight is 234 g/mol. The van der Waals surface area contributed by atoms with Gasteiger partial charge in [0.1, 0.15) is 12.1 Å². The maximum Gasteiger partial charge on any atom is 0.163 e. The molecular weight excluding hydrogens is 216 g/mol. The van der Waals surface area contributed by atoms with Crippen LogP contribution in [0, 0.1) is 0 Å². The summed E-state index contributed by atoms with van der Waals surface area (Å²) < 4.78 is 1.73. The van der Waals surface area contributed by atoms with Crippen LogP contribution in [0.2, 0.25) is 0 Å². The zero-order valence-electron chi connectivity index (χ0n) is 10.4. The Balaban J connectivity index is 2.24. The van der Waals surface area contributed by atoms with E-state index in [1.54, 1.807) is 17.2 Å². The molecule has 0 aliphatic heterocycles. The summed E-state index contributed by atoms with van der Waals surface area (Å²) in [4.78, 5) is 8.45. The molecule has 0 aromatic carbocycles. The van der Waals surface area contributed by atoms with Gasteiger partial charge >= 0.3 is 0 Å². The number of nitrogens with two attached hydrogens (primary N) is 1. The monoisotopic (exact) mass is 234 g/mol. The number of rotatable bonds is 4. The molecule has 3 N–H and O–H groups in total. The second-order valence-electron chi connectivity index (χ2n) is 4.49. The van der Waals surface area contributed by atoms with E-state index in [-0.39, 0.29) is 12.1 Å². The van der Waals surface area contributed by atoms with E-state index in [0.717, 1.165) is 23.3 Å². The summed E-state index contributed by atoms with van der Waals surface area (Å²) in [7, 11) is 1.87. The fraction of sp³-hybridized carbons (Fsp3) is 0.545. The van der Waals surface area contributed by atoms with Crippen LogP contribution in [0.15, 0.2) is 12.5 Å². The molecule has 2 unspecified atom stereocenters. The van der Waals surface area contributed by atoms with Gasteiger partial charge in [-0.15, -0.1) is 0 Å². The van der Waals surface area contributed by atoms with Crippen LogP contribution in [0.4, 0.5) is 5.82 Å². The van der Waals surface area contributed by atoms with Crippen LogP contribution >= 0.6 is 0 Å². The zero-order valence-corrected chi connectivity index (χ0v) is 10.4. The molecule has 0 radical (unpaired) electrons. The molecule has 0 amide bonds. The van der Waals surface area contributed by atoms with Crippen molar-refractivity contribution in [1.29, 1.82) is 0 Å². The zero-order chi connectivity index (χ0) is 12.4. The van der Waals surface area contributed by atoms with E-state index in [1.807, 2.05) is 14.0 Å². The Morgan fingerprint density at radius 1 is 1.41 bits per heavy atom. The number of hydrogen-bond donors (Lipinski definition) is 2. The van der Waals surface area contributed by atoms with Crippen LogP contribution < -0.4 is 11.1 Å². The number of hydrogen-bond acceptors (Lipinski definition) is 5. The highest BCUT2D eigenvalue weighted by molar-refractivity contribution is 5.86. The molecule has 0 bridgehead atoms. The number of aromatic nitrogens is 4. The fourth-order valence-electron chi connectivity index (χ4n) is 1.93. The largest absolute Gasteiger partial charge is 0.367 e. The molecule has 0 aliphatic carbocycles. The van der Waals surface area contributed by atoms with E-state index in [1.165, 1.54) is 0 Å². The van der Waals surface area contributed by atoms with Crippen LogP contribution in [-0.4, -0.2) is 31.8 Å². The number of nitrogens with one attached hydrogen (secondary N) is 1. The summed E-state index contributed by atoms with van der Waals surface area (Å²) in [5.41, 5.74) is 6.60. The van der Waals surface area contributed by atoms with E-state index in [0.29, 0.717) is 0 Å². The molecule has 0 aliphatic rings. The molecule has 17 heavy (non-hydrogen) atoms. The first-order chi connectivity index (χ1) is 8.08. The van der Waals surface area contributed by atoms with E-state index < -0.39 is 0 Å². The minimum absolute atomic E-state index is 0.170. The molecule has 6 heteroatoms. The molecule has 2 aromatic heterocycles. The fourth-order valence-corrected chi connectivity index (χ4v) is 1.93. The lowest BCUT2D eigenvalue weighted by Gasteiger charge is -2.16. The van der Waals surface area contributed by atoms with Crippen molar-refractivity contribution in [2.24, 2.45) is 12.8 Å². The van der Waals surface area contributed by atoms with Gasteiger partial charge < -0.3 is 11.1 Å². The van der Waals surface area contributed by atoms with E-state index in [2.05, 4.69) is 27.3 Å². The lowest BCUT2D eigenvalue weighted by atomic mass is 10.1. The second-order valence-corrected chi connectivity index (χ2v) is 4.49. The minimum atomic E-state index is 0.170. The van der Waals surface area contributed by atoms with Gasteiger partial charge in [-0.25, -0.2) is 9.97 Å². The Morgan fingerprint density at radius 3 is 2.88 bits per heavy atom. The number of anilines is 1. The smallest absolute Gasteiger partial charge is 0.163 e. The van der Waals surface area contributed by atoms with Crippen molar-refractivity contribution in [3.63, 3.8) is 0 Å². The molecule has 6 nitrogen and oxygen atoms in total. The molecular formula is C11H18N6. The van der Waals surface area contributed by atoms with Gasteiger partial charge in [0.25, 0.3) is 0 Å². The van der Waals surface area contributed by atoms with Crippen molar-refractivity contribution in [2.45, 2.75) is 32.4 Å². The molecule has 2 heterocycles. The van der Waals surface area contributed by atoms with E-state index in [4.69, 9.17) is 5.73 Å². The summed E-state index contributed by atoms with van der Waals surface area (Å²) in [6, 6.07) is 0.442. The van der Waals surface area contributed by atoms with Crippen molar-refractivity contribution >= 4 is 16.9 Å². The van der Waals surface area contributed by atoms with Gasteiger partial charge in [0.05, 0.1) is 11.6 Å². The molecule has 2 aromatic rings.